The first-order valence-electron chi connectivity index (χ1n) is 30.4. The zero-order chi connectivity index (χ0) is 54.3. The number of likely N-dealkylation sites (N-methyl/N-ethyl adjacent to an activating group) is 1. The number of quaternary nitrogens is 1. The molecule has 0 aromatic heterocycles. The van der Waals surface area contributed by atoms with E-state index in [1.807, 2.05) is 33.3 Å². The van der Waals surface area contributed by atoms with Crippen LogP contribution in [0.5, 0.6) is 0 Å². The van der Waals surface area contributed by atoms with Crippen LogP contribution in [0.25, 0.3) is 0 Å². The Morgan fingerprint density at radius 3 is 1.32 bits per heavy atom. The Hall–Kier alpha value is -2.81. The molecule has 0 radical (unpaired) electrons. The molecule has 0 aliphatic rings. The number of phosphoric acid groups is 1. The number of phosphoric ester groups is 1. The molecule has 0 aliphatic carbocycles. The fraction of sp³-hybridized carbons (Fsp3) is 0.750. The number of esters is 1. The lowest BCUT2D eigenvalue weighted by Crippen LogP contribution is -2.47. The molecule has 0 rings (SSSR count). The largest absolute Gasteiger partial charge is 0.756 e. The summed E-state index contributed by atoms with van der Waals surface area (Å²) in [5, 5.41) is 3.01. The number of unbranched alkanes of at least 4 members (excludes halogenated alkanes) is 26. The molecule has 0 spiro atoms. The molecule has 0 saturated carbocycles. The van der Waals surface area contributed by atoms with Crippen molar-refractivity contribution in [1.82, 2.24) is 5.32 Å². The molecule has 0 fully saturated rings. The van der Waals surface area contributed by atoms with Gasteiger partial charge in [-0.3, -0.25) is 14.2 Å². The van der Waals surface area contributed by atoms with Crippen LogP contribution in [0.3, 0.4) is 0 Å². The van der Waals surface area contributed by atoms with Crippen LogP contribution >= 0.6 is 7.82 Å². The molecule has 10 heteroatoms. The van der Waals surface area contributed by atoms with Gasteiger partial charge in [-0.05, 0) is 102 Å². The summed E-state index contributed by atoms with van der Waals surface area (Å²) >= 11 is 0. The number of allylic oxidation sites excluding steroid dienone is 13. The molecule has 0 saturated heterocycles. The van der Waals surface area contributed by atoms with E-state index < -0.39 is 26.6 Å². The molecule has 3 unspecified atom stereocenters. The van der Waals surface area contributed by atoms with Crippen molar-refractivity contribution < 1.29 is 37.3 Å². The van der Waals surface area contributed by atoms with E-state index in [4.69, 9.17) is 13.8 Å². The van der Waals surface area contributed by atoms with Gasteiger partial charge in [-0.2, -0.15) is 0 Å². The summed E-state index contributed by atoms with van der Waals surface area (Å²) in [4.78, 5) is 39.9. The predicted octanol–water partition coefficient (Wildman–Crippen LogP) is 18.0. The molecule has 9 nitrogen and oxygen atoms in total. The molecular formula is C64H115N2O7P. The minimum absolute atomic E-state index is 0.0293. The van der Waals surface area contributed by atoms with Gasteiger partial charge in [0, 0.05) is 12.8 Å². The van der Waals surface area contributed by atoms with E-state index in [1.54, 1.807) is 0 Å². The highest BCUT2D eigenvalue weighted by molar-refractivity contribution is 7.45. The molecule has 74 heavy (non-hydrogen) atoms. The van der Waals surface area contributed by atoms with Crippen LogP contribution in [0.4, 0.5) is 0 Å². The summed E-state index contributed by atoms with van der Waals surface area (Å²) in [6, 6.07) is -0.900. The van der Waals surface area contributed by atoms with Crippen molar-refractivity contribution in [2.75, 3.05) is 40.9 Å². The van der Waals surface area contributed by atoms with Gasteiger partial charge in [0.25, 0.3) is 7.82 Å². The lowest BCUT2D eigenvalue weighted by molar-refractivity contribution is -0.870. The van der Waals surface area contributed by atoms with Crippen LogP contribution in [0, 0.1) is 0 Å². The normalized spacial score (nSPS) is 14.3. The number of rotatable bonds is 54. The van der Waals surface area contributed by atoms with Gasteiger partial charge in [0.2, 0.25) is 5.91 Å². The second-order valence-electron chi connectivity index (χ2n) is 21.5. The summed E-state index contributed by atoms with van der Waals surface area (Å²) in [5.74, 6) is -0.566. The van der Waals surface area contributed by atoms with Gasteiger partial charge in [0.15, 0.2) is 0 Å². The van der Waals surface area contributed by atoms with Gasteiger partial charge in [0.05, 0.1) is 33.8 Å². The lowest BCUT2D eigenvalue weighted by Gasteiger charge is -2.30. The molecule has 0 bridgehead atoms. The molecule has 0 aromatic rings. The Kier molecular flexibility index (Phi) is 51.5. The average Bonchev–Trinajstić information content (AvgIpc) is 3.36. The molecule has 1 N–H and O–H groups in total. The highest BCUT2D eigenvalue weighted by atomic mass is 31.2. The number of nitrogens with one attached hydrogen (secondary N) is 1. The van der Waals surface area contributed by atoms with Crippen molar-refractivity contribution in [3.8, 4) is 0 Å². The number of carbonyl (C=O) groups excluding carboxylic acids is 2. The quantitative estimate of drug-likeness (QED) is 0.0212. The van der Waals surface area contributed by atoms with Gasteiger partial charge in [-0.25, -0.2) is 0 Å². The van der Waals surface area contributed by atoms with Crippen molar-refractivity contribution in [3.63, 3.8) is 0 Å². The Labute approximate surface area is 456 Å². The zero-order valence-corrected chi connectivity index (χ0v) is 49.7. The smallest absolute Gasteiger partial charge is 0.306 e. The molecule has 0 aliphatic heterocycles. The van der Waals surface area contributed by atoms with Gasteiger partial charge in [0.1, 0.15) is 19.3 Å². The van der Waals surface area contributed by atoms with Crippen LogP contribution in [0.1, 0.15) is 258 Å². The average molecular weight is 1060 g/mol. The maximum absolute atomic E-state index is 13.5. The van der Waals surface area contributed by atoms with E-state index in [9.17, 15) is 19.0 Å². The summed E-state index contributed by atoms with van der Waals surface area (Å²) < 4.78 is 30.2. The second-order valence-corrected chi connectivity index (χ2v) is 22.9. The molecule has 0 heterocycles. The third-order valence-electron chi connectivity index (χ3n) is 13.1. The van der Waals surface area contributed by atoms with E-state index in [2.05, 4.69) is 99.0 Å². The minimum Gasteiger partial charge on any atom is -0.756 e. The summed E-state index contributed by atoms with van der Waals surface area (Å²) in [5.41, 5.74) is 0. The van der Waals surface area contributed by atoms with Crippen molar-refractivity contribution in [2.45, 2.75) is 270 Å². The zero-order valence-electron chi connectivity index (χ0n) is 48.8. The number of amides is 1. The first-order chi connectivity index (χ1) is 35.9. The molecule has 3 atom stereocenters. The van der Waals surface area contributed by atoms with Gasteiger partial charge < -0.3 is 28.5 Å². The van der Waals surface area contributed by atoms with Gasteiger partial charge in [-0.15, -0.1) is 0 Å². The third kappa shape index (κ3) is 54.0. The van der Waals surface area contributed by atoms with E-state index in [1.165, 1.54) is 109 Å². The Morgan fingerprint density at radius 1 is 0.486 bits per heavy atom. The Bertz CT molecular complexity index is 1540. The predicted molar refractivity (Wildman–Crippen MR) is 316 cm³/mol. The fourth-order valence-corrected chi connectivity index (χ4v) is 9.09. The Balaban J connectivity index is 5.22. The minimum atomic E-state index is -4.70. The topological polar surface area (TPSA) is 114 Å². The molecular weight excluding hydrogens is 940 g/mol. The first-order valence-corrected chi connectivity index (χ1v) is 31.9. The SMILES string of the molecule is CC/C=C/C/C=C/CCCCCCCCCC(=O)NC(COP(=O)([O-])OCC[N+](C)(C)C)C(/C=C\CCCCCCCCCCC)OC(=O)CCCCCCCCC/C=C\C/C=C\C/C=C\C/C=C\CCCCC. The van der Waals surface area contributed by atoms with Crippen molar-refractivity contribution in [2.24, 2.45) is 0 Å². The lowest BCUT2D eigenvalue weighted by atomic mass is 10.1. The molecule has 428 valence electrons. The third-order valence-corrected chi connectivity index (χ3v) is 14.0. The van der Waals surface area contributed by atoms with E-state index >= 15 is 0 Å². The molecule has 0 aromatic carbocycles. The monoisotopic (exact) mass is 1050 g/mol. The van der Waals surface area contributed by atoms with Crippen LogP contribution in [-0.2, 0) is 27.9 Å². The standard InChI is InChI=1S/C64H115N2O7P/c1-7-10-13-16-19-22-25-27-29-30-31-32-33-34-35-36-37-39-42-45-48-51-54-57-64(68)73-62(55-52-49-46-43-40-24-21-18-15-12-9-3)61(60-72-74(69,70)71-59-58-66(4,5)6)65-63(67)56-53-50-47-44-41-38-28-26-23-20-17-14-11-8-2/h11,14,19-20,22-23,27,29,31-32,34-35,52,55,61-62H,7-10,12-13,15-18,21,24-26,28,30,33,36-51,53-54,56-60H2,1-6H3,(H-,65,67,69,70)/b14-11+,22-19-,23-20+,29-27-,32-31-,35-34-,55-52-. The van der Waals surface area contributed by atoms with E-state index in [0.717, 1.165) is 109 Å². The van der Waals surface area contributed by atoms with E-state index in [0.29, 0.717) is 23.9 Å². The summed E-state index contributed by atoms with van der Waals surface area (Å²) in [7, 11) is 1.16. The Morgan fingerprint density at radius 2 is 0.865 bits per heavy atom. The van der Waals surface area contributed by atoms with Crippen LogP contribution in [0.15, 0.2) is 85.1 Å². The highest BCUT2D eigenvalue weighted by Gasteiger charge is 2.27. The van der Waals surface area contributed by atoms with Crippen molar-refractivity contribution in [1.29, 1.82) is 0 Å². The second kappa shape index (κ2) is 53.6. The number of nitrogens with zero attached hydrogens (tertiary/aromatic N) is 1. The number of hydrogen-bond acceptors (Lipinski definition) is 7. The molecule has 1 amide bonds. The summed E-state index contributed by atoms with van der Waals surface area (Å²) in [6.07, 6.45) is 69.8. The van der Waals surface area contributed by atoms with Crippen molar-refractivity contribution >= 4 is 19.7 Å². The van der Waals surface area contributed by atoms with Gasteiger partial charge in [-0.1, -0.05) is 228 Å². The fourth-order valence-electron chi connectivity index (χ4n) is 8.37. The maximum Gasteiger partial charge on any atom is 0.306 e. The van der Waals surface area contributed by atoms with E-state index in [-0.39, 0.29) is 24.9 Å². The number of carbonyl (C=O) groups is 2. The van der Waals surface area contributed by atoms with Crippen LogP contribution in [0.2, 0.25) is 0 Å². The first kappa shape index (κ1) is 71.2. The number of hydrogen-bond donors (Lipinski definition) is 1. The summed E-state index contributed by atoms with van der Waals surface area (Å²) in [6.45, 7) is 6.68. The maximum atomic E-state index is 13.5. The highest BCUT2D eigenvalue weighted by Crippen LogP contribution is 2.38. The van der Waals surface area contributed by atoms with Gasteiger partial charge >= 0.3 is 5.97 Å². The van der Waals surface area contributed by atoms with Crippen molar-refractivity contribution in [3.05, 3.63) is 85.1 Å². The van der Waals surface area contributed by atoms with Crippen LogP contribution in [-0.4, -0.2) is 69.4 Å². The van der Waals surface area contributed by atoms with Crippen LogP contribution < -0.4 is 10.2 Å². The number of ether oxygens (including phenoxy) is 1.